The highest BCUT2D eigenvalue weighted by atomic mass is 32.2. The lowest BCUT2D eigenvalue weighted by Gasteiger charge is -2.20. The Morgan fingerprint density at radius 3 is 0.607 bits per heavy atom. The lowest BCUT2D eigenvalue weighted by atomic mass is 9.99. The molecule has 16 heteroatoms. The smallest absolute Gasteiger partial charge is 0.212 e. The van der Waals surface area contributed by atoms with Gasteiger partial charge in [0.1, 0.15) is 0 Å². The van der Waals surface area contributed by atoms with Crippen LogP contribution in [0.2, 0.25) is 0 Å². The van der Waals surface area contributed by atoms with Crippen LogP contribution in [0.5, 0.6) is 0 Å². The van der Waals surface area contributed by atoms with Crippen molar-refractivity contribution in [3.63, 3.8) is 0 Å². The number of nitrogens with two attached hydrogens (primary N) is 4. The molecule has 8 atom stereocenters. The van der Waals surface area contributed by atoms with Crippen molar-refractivity contribution in [2.24, 2.45) is 44.2 Å². The van der Waals surface area contributed by atoms with E-state index in [9.17, 15) is 33.7 Å². The molecule has 0 radical (unpaired) electrons. The Labute approximate surface area is 346 Å². The van der Waals surface area contributed by atoms with Gasteiger partial charge in [0, 0.05) is 0 Å². The molecule has 0 aromatic heterocycles. The molecule has 0 saturated heterocycles. The van der Waals surface area contributed by atoms with E-state index in [2.05, 4.69) is 26.3 Å². The molecule has 0 aliphatic rings. The van der Waals surface area contributed by atoms with Gasteiger partial charge in [-0.15, -0.1) is 26.3 Å². The van der Waals surface area contributed by atoms with Gasteiger partial charge in [0.2, 0.25) is 40.1 Å². The Morgan fingerprint density at radius 1 is 0.375 bits per heavy atom. The molecule has 0 aromatic rings. The second-order valence-electron chi connectivity index (χ2n) is 15.1. The van der Waals surface area contributed by atoms with Gasteiger partial charge >= 0.3 is 0 Å². The third kappa shape index (κ3) is 31.6. The fourth-order valence-electron chi connectivity index (χ4n) is 6.37. The molecular weight excluding hydrogens is 793 g/mol. The summed E-state index contributed by atoms with van der Waals surface area (Å²) >= 11 is 0. The average Bonchev–Trinajstić information content (AvgIpc) is 3.04. The zero-order valence-electron chi connectivity index (χ0n) is 36.3. The molecule has 0 fully saturated rings. The molecule has 8 N–H and O–H groups in total. The van der Waals surface area contributed by atoms with Crippen molar-refractivity contribution in [1.29, 1.82) is 0 Å². The highest BCUT2D eigenvalue weighted by molar-refractivity contribution is 7.90. The number of allylic oxidation sites excluding steroid dienone is 4. The number of hydrogen-bond donors (Lipinski definition) is 4. The predicted molar refractivity (Wildman–Crippen MR) is 242 cm³/mol. The Bertz CT molecular complexity index is 1260. The van der Waals surface area contributed by atoms with Gasteiger partial charge in [0.05, 0.1) is 21.0 Å². The van der Waals surface area contributed by atoms with Crippen molar-refractivity contribution >= 4 is 40.1 Å². The molecule has 0 aliphatic carbocycles. The molecule has 0 heterocycles. The lowest BCUT2D eigenvalue weighted by molar-refractivity contribution is 0.477. The first-order valence-corrected chi connectivity index (χ1v) is 26.7. The van der Waals surface area contributed by atoms with E-state index in [4.69, 9.17) is 20.6 Å². The number of sulfonamides is 4. The van der Waals surface area contributed by atoms with Gasteiger partial charge in [-0.1, -0.05) is 131 Å². The van der Waals surface area contributed by atoms with Gasteiger partial charge in [0.25, 0.3) is 0 Å². The van der Waals surface area contributed by atoms with E-state index >= 15 is 0 Å². The van der Waals surface area contributed by atoms with E-state index in [1.807, 2.05) is 55.4 Å². The molecule has 0 aromatic carbocycles. The van der Waals surface area contributed by atoms with E-state index < -0.39 is 61.1 Å². The number of unbranched alkanes of at least 4 members (excludes halogenated alkanes) is 4. The van der Waals surface area contributed by atoms with Gasteiger partial charge in [-0.2, -0.15) is 0 Å². The predicted octanol–water partition coefficient (Wildman–Crippen LogP) is 8.18. The summed E-state index contributed by atoms with van der Waals surface area (Å²) in [6, 6.07) is 0. The summed E-state index contributed by atoms with van der Waals surface area (Å²) in [4.78, 5) is 0. The largest absolute Gasteiger partial charge is 0.228 e. The Morgan fingerprint density at radius 2 is 0.518 bits per heavy atom. The van der Waals surface area contributed by atoms with Gasteiger partial charge < -0.3 is 0 Å². The first-order chi connectivity index (χ1) is 25.7. The zero-order chi connectivity index (χ0) is 44.8. The van der Waals surface area contributed by atoms with Crippen molar-refractivity contribution in [3.05, 3.63) is 50.6 Å². The van der Waals surface area contributed by atoms with Gasteiger partial charge in [0.15, 0.2) is 0 Å². The molecule has 0 unspecified atom stereocenters. The SMILES string of the molecule is C=CC[C@@H](C)[C@@H](CCCC)S(N)(=O)=O.C=CC[C@@H](C)[C@H](CCCC)S(N)(=O)=O.C=CC[C@H](C)[C@@H](CCCC)S(N)(=O)=O.C=CC[C@H](C)[C@H](CCCC)S(N)(=O)=O. The van der Waals surface area contributed by atoms with E-state index in [1.165, 1.54) is 0 Å². The number of hydrogen-bond acceptors (Lipinski definition) is 8. The normalized spacial score (nSPS) is 16.2. The van der Waals surface area contributed by atoms with Crippen LogP contribution >= 0.6 is 0 Å². The van der Waals surface area contributed by atoms with Crippen LogP contribution in [-0.4, -0.2) is 54.7 Å². The monoisotopic (exact) mass is 877 g/mol. The van der Waals surface area contributed by atoms with Crippen molar-refractivity contribution in [1.82, 2.24) is 0 Å². The second-order valence-corrected chi connectivity index (χ2v) is 22.2. The van der Waals surface area contributed by atoms with Crippen LogP contribution in [0.3, 0.4) is 0 Å². The first kappa shape index (κ1) is 61.3. The van der Waals surface area contributed by atoms with Crippen molar-refractivity contribution < 1.29 is 33.7 Å². The molecule has 56 heavy (non-hydrogen) atoms. The number of primary sulfonamides is 4. The summed E-state index contributed by atoms with van der Waals surface area (Å²) in [7, 11) is -13.6. The van der Waals surface area contributed by atoms with E-state index in [1.54, 1.807) is 24.3 Å². The maximum Gasteiger partial charge on any atom is 0.212 e. The summed E-state index contributed by atoms with van der Waals surface area (Å²) in [6.07, 6.45) is 20.0. The Balaban J connectivity index is -0.000000322. The summed E-state index contributed by atoms with van der Waals surface area (Å²) in [5.74, 6) is 0.256. The molecule has 0 bridgehead atoms. The molecule has 0 saturated carbocycles. The third-order valence-corrected chi connectivity index (χ3v) is 15.9. The van der Waals surface area contributed by atoms with E-state index in [0.29, 0.717) is 51.4 Å². The molecular formula is C40H84N4O8S4. The van der Waals surface area contributed by atoms with Crippen LogP contribution in [0.25, 0.3) is 0 Å². The average molecular weight is 877 g/mol. The third-order valence-electron chi connectivity index (χ3n) is 9.75. The minimum atomic E-state index is -3.41. The summed E-state index contributed by atoms with van der Waals surface area (Å²) < 4.78 is 90.4. The summed E-state index contributed by atoms with van der Waals surface area (Å²) in [5, 5.41) is 19.1. The molecule has 336 valence electrons. The standard InChI is InChI=1S/4C10H21NO2S/c4*1-4-6-8-10(14(11,12)13)9(3)7-5-2/h4*5,9-10H,2,4,6-8H2,1,3H3,(H2,11,12,13)/t2*9-,10+;2*9-,10-/m1010/s1. The maximum atomic E-state index is 11.3. The molecule has 0 amide bonds. The van der Waals surface area contributed by atoms with E-state index in [0.717, 1.165) is 51.4 Å². The maximum absolute atomic E-state index is 11.3. The fourth-order valence-corrected chi connectivity index (χ4v) is 11.4. The molecule has 0 spiro atoms. The van der Waals surface area contributed by atoms with Gasteiger partial charge in [-0.25, -0.2) is 54.2 Å². The summed E-state index contributed by atoms with van der Waals surface area (Å²) in [6.45, 7) is 30.2. The minimum absolute atomic E-state index is 0.0639. The Hall–Kier alpha value is -1.40. The number of rotatable bonds is 28. The van der Waals surface area contributed by atoms with Crippen LogP contribution in [0.15, 0.2) is 50.6 Å². The topological polar surface area (TPSA) is 241 Å². The van der Waals surface area contributed by atoms with Gasteiger partial charge in [-0.3, -0.25) is 0 Å². The van der Waals surface area contributed by atoms with Crippen molar-refractivity contribution in [3.8, 4) is 0 Å². The Kier molecular flexibility index (Phi) is 36.6. The summed E-state index contributed by atoms with van der Waals surface area (Å²) in [5.41, 5.74) is 0. The molecule has 0 aliphatic heterocycles. The highest BCUT2D eigenvalue weighted by Crippen LogP contribution is 2.23. The van der Waals surface area contributed by atoms with Crippen LogP contribution in [0.4, 0.5) is 0 Å². The second kappa shape index (κ2) is 33.4. The minimum Gasteiger partial charge on any atom is -0.228 e. The first-order valence-electron chi connectivity index (χ1n) is 20.2. The van der Waals surface area contributed by atoms with Crippen LogP contribution < -0.4 is 20.6 Å². The highest BCUT2D eigenvalue weighted by Gasteiger charge is 2.28. The van der Waals surface area contributed by atoms with Crippen molar-refractivity contribution in [2.45, 2.75) is 179 Å². The lowest BCUT2D eigenvalue weighted by Crippen LogP contribution is -2.33. The van der Waals surface area contributed by atoms with Crippen LogP contribution in [0.1, 0.15) is 158 Å². The quantitative estimate of drug-likeness (QED) is 0.0557. The fraction of sp³-hybridized carbons (Fsp3) is 0.800. The van der Waals surface area contributed by atoms with Crippen LogP contribution in [0, 0.1) is 23.7 Å². The van der Waals surface area contributed by atoms with Crippen molar-refractivity contribution in [2.75, 3.05) is 0 Å². The van der Waals surface area contributed by atoms with Crippen LogP contribution in [-0.2, 0) is 40.1 Å². The molecule has 0 rings (SSSR count). The molecule has 12 nitrogen and oxygen atoms in total. The zero-order valence-corrected chi connectivity index (χ0v) is 39.5. The van der Waals surface area contributed by atoms with E-state index in [-0.39, 0.29) is 23.7 Å². The van der Waals surface area contributed by atoms with Gasteiger partial charge in [-0.05, 0) is 75.0 Å².